The second kappa shape index (κ2) is 7.80. The summed E-state index contributed by atoms with van der Waals surface area (Å²) in [5.74, 6) is 2.04. The molecule has 0 unspecified atom stereocenters. The molecule has 0 saturated heterocycles. The van der Waals surface area contributed by atoms with Gasteiger partial charge in [-0.2, -0.15) is 0 Å². The van der Waals surface area contributed by atoms with Gasteiger partial charge in [-0.3, -0.25) is 4.98 Å². The van der Waals surface area contributed by atoms with Crippen molar-refractivity contribution in [2.45, 2.75) is 0 Å². The van der Waals surface area contributed by atoms with Crippen LogP contribution < -0.4 is 10.5 Å². The Morgan fingerprint density at radius 3 is 2.24 bits per heavy atom. The molecule has 0 aliphatic heterocycles. The first-order chi connectivity index (χ1) is 16.3. The summed E-state index contributed by atoms with van der Waals surface area (Å²) in [4.78, 5) is 4.49. The van der Waals surface area contributed by atoms with Crippen molar-refractivity contribution in [2.75, 3.05) is 5.73 Å². The van der Waals surface area contributed by atoms with Crippen LogP contribution in [0.25, 0.3) is 38.5 Å². The van der Waals surface area contributed by atoms with E-state index in [-0.39, 0.29) is 0 Å². The number of anilines is 1. The summed E-state index contributed by atoms with van der Waals surface area (Å²) >= 11 is 0. The molecule has 0 spiro atoms. The first-order valence-corrected chi connectivity index (χ1v) is 10.7. The molecule has 6 rings (SSSR count). The second-order valence-corrected chi connectivity index (χ2v) is 7.85. The monoisotopic (exact) mass is 428 g/mol. The van der Waals surface area contributed by atoms with Crippen molar-refractivity contribution in [2.24, 2.45) is 0 Å². The molecule has 0 atom stereocenters. The van der Waals surface area contributed by atoms with Gasteiger partial charge in [0.15, 0.2) is 5.82 Å². The summed E-state index contributed by atoms with van der Waals surface area (Å²) in [5, 5.41) is 7.87. The first kappa shape index (κ1) is 19.1. The molecule has 0 aliphatic carbocycles. The van der Waals surface area contributed by atoms with Crippen molar-refractivity contribution >= 4 is 27.5 Å². The summed E-state index contributed by atoms with van der Waals surface area (Å²) in [7, 11) is 0. The molecular formula is C28H20N4O. The maximum Gasteiger partial charge on any atom is 0.154 e. The number of aromatic nitrogens is 3. The molecule has 2 aromatic heterocycles. The average molecular weight is 428 g/mol. The molecule has 0 saturated carbocycles. The van der Waals surface area contributed by atoms with Gasteiger partial charge in [-0.05, 0) is 52.7 Å². The minimum Gasteiger partial charge on any atom is -0.457 e. The van der Waals surface area contributed by atoms with E-state index in [1.807, 2.05) is 83.8 Å². The van der Waals surface area contributed by atoms with E-state index in [0.717, 1.165) is 44.6 Å². The lowest BCUT2D eigenvalue weighted by molar-refractivity contribution is 0.483. The van der Waals surface area contributed by atoms with E-state index < -0.39 is 0 Å². The van der Waals surface area contributed by atoms with Crippen LogP contribution in [-0.4, -0.2) is 14.8 Å². The lowest BCUT2D eigenvalue weighted by Crippen LogP contribution is -1.97. The van der Waals surface area contributed by atoms with Crippen molar-refractivity contribution < 1.29 is 4.74 Å². The van der Waals surface area contributed by atoms with Gasteiger partial charge in [0.1, 0.15) is 11.5 Å². The summed E-state index contributed by atoms with van der Waals surface area (Å²) in [6.45, 7) is 0. The molecule has 0 amide bonds. The normalized spacial score (nSPS) is 11.2. The number of rotatable bonds is 4. The van der Waals surface area contributed by atoms with Gasteiger partial charge in [0.25, 0.3) is 0 Å². The zero-order valence-electron chi connectivity index (χ0n) is 17.7. The largest absolute Gasteiger partial charge is 0.457 e. The van der Waals surface area contributed by atoms with Crippen molar-refractivity contribution in [1.29, 1.82) is 0 Å². The summed E-state index contributed by atoms with van der Waals surface area (Å²) in [6.07, 6.45) is 3.64. The molecule has 6 aromatic rings. The first-order valence-electron chi connectivity index (χ1n) is 10.7. The van der Waals surface area contributed by atoms with Crippen LogP contribution in [0, 0.1) is 0 Å². The van der Waals surface area contributed by atoms with Crippen molar-refractivity contribution in [3.8, 4) is 28.3 Å². The van der Waals surface area contributed by atoms with Crippen LogP contribution in [0.3, 0.4) is 0 Å². The zero-order chi connectivity index (χ0) is 22.2. The van der Waals surface area contributed by atoms with E-state index in [2.05, 4.69) is 40.4 Å². The molecule has 4 aromatic carbocycles. The quantitative estimate of drug-likeness (QED) is 0.343. The van der Waals surface area contributed by atoms with Gasteiger partial charge in [0.05, 0.1) is 22.8 Å². The number of fused-ring (bicyclic) bond motifs is 2. The Morgan fingerprint density at radius 1 is 0.697 bits per heavy atom. The highest BCUT2D eigenvalue weighted by molar-refractivity contribution is 6.02. The van der Waals surface area contributed by atoms with Crippen LogP contribution in [0.4, 0.5) is 5.82 Å². The van der Waals surface area contributed by atoms with Gasteiger partial charge < -0.3 is 10.5 Å². The third-order valence-electron chi connectivity index (χ3n) is 5.74. The minimum atomic E-state index is 0.472. The van der Waals surface area contributed by atoms with E-state index in [0.29, 0.717) is 5.82 Å². The molecule has 2 N–H and O–H groups in total. The van der Waals surface area contributed by atoms with Gasteiger partial charge in [0, 0.05) is 11.8 Å². The van der Waals surface area contributed by atoms with E-state index in [9.17, 15) is 0 Å². The fourth-order valence-electron chi connectivity index (χ4n) is 4.14. The maximum absolute atomic E-state index is 6.41. The number of ether oxygens (including phenoxy) is 1. The van der Waals surface area contributed by atoms with Crippen molar-refractivity contribution in [3.05, 3.63) is 109 Å². The number of benzene rings is 4. The van der Waals surface area contributed by atoms with E-state index >= 15 is 0 Å². The molecule has 0 aliphatic rings. The highest BCUT2D eigenvalue weighted by Crippen LogP contribution is 2.34. The molecule has 0 fully saturated rings. The predicted octanol–water partition coefficient (Wildman–Crippen LogP) is 6.62. The Hall–Kier alpha value is -4.64. The van der Waals surface area contributed by atoms with Gasteiger partial charge in [0.2, 0.25) is 0 Å². The van der Waals surface area contributed by atoms with Crippen LogP contribution >= 0.6 is 0 Å². The van der Waals surface area contributed by atoms with Gasteiger partial charge >= 0.3 is 0 Å². The van der Waals surface area contributed by atoms with E-state index in [1.165, 1.54) is 5.39 Å². The Kier molecular flexibility index (Phi) is 4.51. The maximum atomic E-state index is 6.41. The SMILES string of the molecule is Nc1nn(-c2ccc3ccccc3c2)c2cncc(-c3ccc(Oc4ccccc4)cc3)c12. The number of nitrogen functional groups attached to an aromatic ring is 1. The topological polar surface area (TPSA) is 66.0 Å². The fraction of sp³-hybridized carbons (Fsp3) is 0. The Balaban J connectivity index is 1.41. The second-order valence-electron chi connectivity index (χ2n) is 7.85. The van der Waals surface area contributed by atoms with Crippen LogP contribution in [0.1, 0.15) is 0 Å². The van der Waals surface area contributed by atoms with Crippen molar-refractivity contribution in [1.82, 2.24) is 14.8 Å². The third-order valence-corrected chi connectivity index (χ3v) is 5.74. The zero-order valence-corrected chi connectivity index (χ0v) is 17.7. The minimum absolute atomic E-state index is 0.472. The Bertz CT molecular complexity index is 1590. The van der Waals surface area contributed by atoms with Crippen molar-refractivity contribution in [3.63, 3.8) is 0 Å². The lowest BCUT2D eigenvalue weighted by Gasteiger charge is -2.08. The Labute approximate surface area is 190 Å². The van der Waals surface area contributed by atoms with Gasteiger partial charge in [-0.1, -0.05) is 60.7 Å². The fourth-order valence-corrected chi connectivity index (χ4v) is 4.14. The number of nitrogens with two attached hydrogens (primary N) is 1. The van der Waals surface area contributed by atoms with E-state index in [1.54, 1.807) is 0 Å². The lowest BCUT2D eigenvalue weighted by atomic mass is 10.0. The van der Waals surface area contributed by atoms with Crippen LogP contribution in [0.15, 0.2) is 109 Å². The predicted molar refractivity (Wildman–Crippen MR) is 133 cm³/mol. The molecule has 0 bridgehead atoms. The van der Waals surface area contributed by atoms with Gasteiger partial charge in [-0.15, -0.1) is 5.10 Å². The van der Waals surface area contributed by atoms with Gasteiger partial charge in [-0.25, -0.2) is 4.68 Å². The summed E-state index contributed by atoms with van der Waals surface area (Å²) in [5.41, 5.74) is 10.2. The molecule has 5 heteroatoms. The molecule has 33 heavy (non-hydrogen) atoms. The number of hydrogen-bond acceptors (Lipinski definition) is 4. The Morgan fingerprint density at radius 2 is 1.42 bits per heavy atom. The standard InChI is InChI=1S/C28H20N4O/c29-28-27-25(20-11-14-24(15-12-20)33-23-8-2-1-3-9-23)17-30-18-26(27)32(31-28)22-13-10-19-6-4-5-7-21(19)16-22/h1-18H,(H2,29,31). The average Bonchev–Trinajstić information content (AvgIpc) is 3.21. The summed E-state index contributed by atoms with van der Waals surface area (Å²) < 4.78 is 7.78. The highest BCUT2D eigenvalue weighted by atomic mass is 16.5. The smallest absolute Gasteiger partial charge is 0.154 e. The highest BCUT2D eigenvalue weighted by Gasteiger charge is 2.15. The van der Waals surface area contributed by atoms with E-state index in [4.69, 9.17) is 10.5 Å². The number of pyridine rings is 1. The molecule has 158 valence electrons. The molecule has 2 heterocycles. The molecular weight excluding hydrogens is 408 g/mol. The number of para-hydroxylation sites is 1. The summed E-state index contributed by atoms with van der Waals surface area (Å²) in [6, 6.07) is 32.2. The van der Waals surface area contributed by atoms with Crippen LogP contribution in [0.2, 0.25) is 0 Å². The van der Waals surface area contributed by atoms with Crippen LogP contribution in [-0.2, 0) is 0 Å². The van der Waals surface area contributed by atoms with Crippen LogP contribution in [0.5, 0.6) is 11.5 Å². The molecule has 0 radical (unpaired) electrons. The third kappa shape index (κ3) is 3.46. The molecule has 5 nitrogen and oxygen atoms in total. The number of nitrogens with zero attached hydrogens (tertiary/aromatic N) is 3. The number of hydrogen-bond donors (Lipinski definition) is 1.